The second-order valence-corrected chi connectivity index (χ2v) is 6.74. The van der Waals surface area contributed by atoms with E-state index in [-0.39, 0.29) is 11.4 Å². The van der Waals surface area contributed by atoms with Gasteiger partial charge in [0.05, 0.1) is 0 Å². The summed E-state index contributed by atoms with van der Waals surface area (Å²) in [5.41, 5.74) is 1.49. The van der Waals surface area contributed by atoms with Gasteiger partial charge in [-0.25, -0.2) is 4.79 Å². The van der Waals surface area contributed by atoms with Crippen molar-refractivity contribution in [2.75, 3.05) is 11.9 Å². The van der Waals surface area contributed by atoms with Crippen molar-refractivity contribution >= 4 is 18.0 Å². The Hall–Kier alpha value is -1.84. The number of benzene rings is 1. The van der Waals surface area contributed by atoms with Crippen LogP contribution in [0, 0.1) is 5.41 Å². The standard InChI is InChI=1S/C16H24N2O2/c1-15(2,3)12-6-8-13(9-7-12)18-14(20)17-10-16(4,5)11-19/h6-9,11H,10H2,1-5H3,(H2,17,18,20). The minimum absolute atomic E-state index is 0.0920. The first kappa shape index (κ1) is 16.2. The van der Waals surface area contributed by atoms with Gasteiger partial charge in [0.15, 0.2) is 0 Å². The summed E-state index contributed by atoms with van der Waals surface area (Å²) in [6.45, 7) is 10.3. The van der Waals surface area contributed by atoms with Crippen LogP contribution in [0.15, 0.2) is 24.3 Å². The third-order valence-electron chi connectivity index (χ3n) is 3.03. The number of hydrogen-bond acceptors (Lipinski definition) is 2. The van der Waals surface area contributed by atoms with E-state index in [4.69, 9.17) is 0 Å². The summed E-state index contributed by atoms with van der Waals surface area (Å²) in [5.74, 6) is 0. The number of urea groups is 1. The van der Waals surface area contributed by atoms with Crippen molar-refractivity contribution in [2.45, 2.75) is 40.0 Å². The number of nitrogens with one attached hydrogen (secondary N) is 2. The van der Waals surface area contributed by atoms with Crippen LogP contribution in [-0.2, 0) is 10.2 Å². The molecule has 20 heavy (non-hydrogen) atoms. The molecule has 0 saturated heterocycles. The molecule has 4 nitrogen and oxygen atoms in total. The highest BCUT2D eigenvalue weighted by molar-refractivity contribution is 5.89. The highest BCUT2D eigenvalue weighted by atomic mass is 16.2. The Morgan fingerprint density at radius 3 is 2.10 bits per heavy atom. The fraction of sp³-hybridized carbons (Fsp3) is 0.500. The molecule has 1 aromatic rings. The lowest BCUT2D eigenvalue weighted by Crippen LogP contribution is -2.37. The molecule has 1 rings (SSSR count). The smallest absolute Gasteiger partial charge is 0.319 e. The molecule has 0 aliphatic carbocycles. The maximum absolute atomic E-state index is 11.7. The lowest BCUT2D eigenvalue weighted by Gasteiger charge is -2.20. The Kier molecular flexibility index (Phi) is 4.93. The van der Waals surface area contributed by atoms with Crippen molar-refractivity contribution < 1.29 is 9.59 Å². The third-order valence-corrected chi connectivity index (χ3v) is 3.03. The van der Waals surface area contributed by atoms with Crippen LogP contribution in [-0.4, -0.2) is 18.9 Å². The van der Waals surface area contributed by atoms with E-state index in [1.165, 1.54) is 5.56 Å². The van der Waals surface area contributed by atoms with Gasteiger partial charge in [-0.1, -0.05) is 46.8 Å². The predicted molar refractivity (Wildman–Crippen MR) is 82.0 cm³/mol. The molecule has 0 saturated carbocycles. The highest BCUT2D eigenvalue weighted by Crippen LogP contribution is 2.23. The molecule has 2 N–H and O–H groups in total. The number of carbonyl (C=O) groups excluding carboxylic acids is 2. The molecule has 0 bridgehead atoms. The number of rotatable bonds is 4. The summed E-state index contributed by atoms with van der Waals surface area (Å²) in [6.07, 6.45) is 0.839. The molecule has 0 spiro atoms. The summed E-state index contributed by atoms with van der Waals surface area (Å²) in [4.78, 5) is 22.5. The van der Waals surface area contributed by atoms with E-state index in [9.17, 15) is 9.59 Å². The minimum Gasteiger partial charge on any atom is -0.337 e. The summed E-state index contributed by atoms with van der Waals surface area (Å²) in [5, 5.41) is 5.44. The maximum atomic E-state index is 11.7. The monoisotopic (exact) mass is 276 g/mol. The van der Waals surface area contributed by atoms with Crippen LogP contribution in [0.2, 0.25) is 0 Å². The topological polar surface area (TPSA) is 58.2 Å². The molecule has 110 valence electrons. The second kappa shape index (κ2) is 6.07. The normalized spacial score (nSPS) is 11.8. The first-order valence-corrected chi connectivity index (χ1v) is 6.76. The van der Waals surface area contributed by atoms with Crippen molar-refractivity contribution in [1.29, 1.82) is 0 Å². The first-order valence-electron chi connectivity index (χ1n) is 6.76. The van der Waals surface area contributed by atoms with Gasteiger partial charge in [0.2, 0.25) is 0 Å². The Morgan fingerprint density at radius 2 is 1.65 bits per heavy atom. The first-order chi connectivity index (χ1) is 9.14. The van der Waals surface area contributed by atoms with Crippen LogP contribution in [0.3, 0.4) is 0 Å². The van der Waals surface area contributed by atoms with E-state index < -0.39 is 5.41 Å². The molecule has 0 fully saturated rings. The van der Waals surface area contributed by atoms with Gasteiger partial charge >= 0.3 is 6.03 Å². The second-order valence-electron chi connectivity index (χ2n) is 6.74. The number of hydrogen-bond donors (Lipinski definition) is 2. The molecule has 0 radical (unpaired) electrons. The molecule has 2 amide bonds. The third kappa shape index (κ3) is 5.03. The fourth-order valence-corrected chi connectivity index (χ4v) is 1.58. The molecule has 0 aromatic heterocycles. The lowest BCUT2D eigenvalue weighted by molar-refractivity contribution is -0.114. The van der Waals surface area contributed by atoms with Crippen molar-refractivity contribution in [3.05, 3.63) is 29.8 Å². The Bertz CT molecular complexity index is 470. The van der Waals surface area contributed by atoms with E-state index in [1.54, 1.807) is 13.8 Å². The summed E-state index contributed by atoms with van der Waals surface area (Å²) in [6, 6.07) is 7.47. The van der Waals surface area contributed by atoms with Crippen LogP contribution in [0.4, 0.5) is 10.5 Å². The zero-order chi connectivity index (χ0) is 15.4. The molecular formula is C16H24N2O2. The van der Waals surface area contributed by atoms with Gasteiger partial charge in [-0.15, -0.1) is 0 Å². The zero-order valence-electron chi connectivity index (χ0n) is 12.9. The van der Waals surface area contributed by atoms with Crippen LogP contribution in [0.5, 0.6) is 0 Å². The van der Waals surface area contributed by atoms with Crippen molar-refractivity contribution in [2.24, 2.45) is 5.41 Å². The van der Waals surface area contributed by atoms with Crippen molar-refractivity contribution in [3.63, 3.8) is 0 Å². The maximum Gasteiger partial charge on any atom is 0.319 e. The van der Waals surface area contributed by atoms with Crippen molar-refractivity contribution in [1.82, 2.24) is 5.32 Å². The number of aldehydes is 1. The van der Waals surface area contributed by atoms with Crippen LogP contribution >= 0.6 is 0 Å². The summed E-state index contributed by atoms with van der Waals surface area (Å²) in [7, 11) is 0. The average Bonchev–Trinajstić information content (AvgIpc) is 2.36. The average molecular weight is 276 g/mol. The van der Waals surface area contributed by atoms with Crippen LogP contribution < -0.4 is 10.6 Å². The number of carbonyl (C=O) groups is 2. The Morgan fingerprint density at radius 1 is 1.10 bits per heavy atom. The van der Waals surface area contributed by atoms with E-state index in [0.717, 1.165) is 12.0 Å². The van der Waals surface area contributed by atoms with E-state index >= 15 is 0 Å². The van der Waals surface area contributed by atoms with Gasteiger partial charge in [-0.2, -0.15) is 0 Å². The van der Waals surface area contributed by atoms with Gasteiger partial charge < -0.3 is 15.4 Å². The molecule has 0 unspecified atom stereocenters. The predicted octanol–water partition coefficient (Wildman–Crippen LogP) is 3.33. The molecular weight excluding hydrogens is 252 g/mol. The molecule has 0 aliphatic rings. The number of amides is 2. The minimum atomic E-state index is -0.548. The molecule has 0 heterocycles. The van der Waals surface area contributed by atoms with E-state index in [2.05, 4.69) is 31.4 Å². The SMILES string of the molecule is CC(C)(C=O)CNC(=O)Nc1ccc(C(C)(C)C)cc1. The van der Waals surface area contributed by atoms with Crippen molar-refractivity contribution in [3.8, 4) is 0 Å². The Labute approximate surface area is 121 Å². The molecule has 1 aromatic carbocycles. The quantitative estimate of drug-likeness (QED) is 0.829. The molecule has 4 heteroatoms. The molecule has 0 aliphatic heterocycles. The van der Waals surface area contributed by atoms with Crippen LogP contribution in [0.1, 0.15) is 40.2 Å². The zero-order valence-corrected chi connectivity index (χ0v) is 12.9. The van der Waals surface area contributed by atoms with Gasteiger partial charge in [0, 0.05) is 17.6 Å². The summed E-state index contributed by atoms with van der Waals surface area (Å²) < 4.78 is 0. The summed E-state index contributed by atoms with van der Waals surface area (Å²) >= 11 is 0. The van der Waals surface area contributed by atoms with E-state index in [0.29, 0.717) is 6.54 Å². The lowest BCUT2D eigenvalue weighted by atomic mass is 9.87. The van der Waals surface area contributed by atoms with Crippen LogP contribution in [0.25, 0.3) is 0 Å². The largest absolute Gasteiger partial charge is 0.337 e. The molecule has 0 atom stereocenters. The van der Waals surface area contributed by atoms with E-state index in [1.807, 2.05) is 24.3 Å². The Balaban J connectivity index is 2.57. The van der Waals surface area contributed by atoms with Gasteiger partial charge in [0.25, 0.3) is 0 Å². The van der Waals surface area contributed by atoms with Gasteiger partial charge in [-0.05, 0) is 23.1 Å². The highest BCUT2D eigenvalue weighted by Gasteiger charge is 2.17. The fourth-order valence-electron chi connectivity index (χ4n) is 1.58. The van der Waals surface area contributed by atoms with Gasteiger partial charge in [0.1, 0.15) is 6.29 Å². The number of anilines is 1. The van der Waals surface area contributed by atoms with Gasteiger partial charge in [-0.3, -0.25) is 0 Å².